The zero-order valence-electron chi connectivity index (χ0n) is 37.8. The van der Waals surface area contributed by atoms with E-state index in [1.54, 1.807) is 26.0 Å². The van der Waals surface area contributed by atoms with E-state index < -0.39 is 23.6 Å². The highest BCUT2D eigenvalue weighted by molar-refractivity contribution is 5.94. The summed E-state index contributed by atoms with van der Waals surface area (Å²) in [6.07, 6.45) is 1.92. The predicted octanol–water partition coefficient (Wildman–Crippen LogP) is 1.52. The molecule has 0 spiro atoms. The number of rotatable bonds is 33. The van der Waals surface area contributed by atoms with Crippen molar-refractivity contribution in [3.63, 3.8) is 0 Å². The number of amides is 3. The summed E-state index contributed by atoms with van der Waals surface area (Å²) < 4.78 is 54.6. The summed E-state index contributed by atoms with van der Waals surface area (Å²) in [4.78, 5) is 48.3. The molecule has 0 radical (unpaired) electrons. The van der Waals surface area contributed by atoms with Gasteiger partial charge < -0.3 is 78.8 Å². The number of morpholine rings is 1. The van der Waals surface area contributed by atoms with E-state index >= 15 is 0 Å². The number of anilines is 1. The monoisotopic (exact) mass is 903 g/mol. The van der Waals surface area contributed by atoms with Crippen LogP contribution >= 0.6 is 0 Å². The van der Waals surface area contributed by atoms with Gasteiger partial charge in [-0.25, -0.2) is 0 Å². The van der Waals surface area contributed by atoms with E-state index in [9.17, 15) is 24.3 Å². The van der Waals surface area contributed by atoms with E-state index in [4.69, 9.17) is 58.2 Å². The number of hydrogen-bond acceptors (Lipinski definition) is 16. The third kappa shape index (κ3) is 29.4. The number of aliphatic hydroxyl groups excluding tert-OH is 1. The van der Waals surface area contributed by atoms with Gasteiger partial charge in [0.2, 0.25) is 11.8 Å². The smallest absolute Gasteiger partial charge is 0.306 e. The number of nitrogens with zero attached hydrogens (tertiary/aromatic N) is 1. The van der Waals surface area contributed by atoms with E-state index in [1.807, 2.05) is 0 Å². The minimum atomic E-state index is -0.811. The molecule has 20 nitrogen and oxygen atoms in total. The van der Waals surface area contributed by atoms with Crippen LogP contribution in [0.1, 0.15) is 70.2 Å². The van der Waals surface area contributed by atoms with Crippen molar-refractivity contribution in [2.24, 2.45) is 11.7 Å². The van der Waals surface area contributed by atoms with Crippen LogP contribution in [-0.2, 0) is 57.0 Å². The molecule has 63 heavy (non-hydrogen) atoms. The van der Waals surface area contributed by atoms with Crippen LogP contribution in [0.15, 0.2) is 18.2 Å². The quantitative estimate of drug-likeness (QED) is 0.0627. The number of nitrogens with one attached hydrogen (secondary N) is 2. The zero-order valence-corrected chi connectivity index (χ0v) is 37.8. The second-order valence-electron chi connectivity index (χ2n) is 15.7. The second kappa shape index (κ2) is 33.8. The maximum Gasteiger partial charge on any atom is 0.306 e. The highest BCUT2D eigenvalue weighted by Crippen LogP contribution is 2.25. The van der Waals surface area contributed by atoms with Gasteiger partial charge in [-0.2, -0.15) is 0 Å². The second-order valence-corrected chi connectivity index (χ2v) is 15.7. The predicted molar refractivity (Wildman–Crippen MR) is 231 cm³/mol. The molecule has 2 fully saturated rings. The first-order valence-corrected chi connectivity index (χ1v) is 21.8. The molecule has 0 saturated carbocycles. The van der Waals surface area contributed by atoms with Crippen LogP contribution in [0, 0.1) is 5.92 Å². The molecule has 3 amide bonds. The van der Waals surface area contributed by atoms with Gasteiger partial charge in [0.1, 0.15) is 5.75 Å². The van der Waals surface area contributed by atoms with Gasteiger partial charge in [-0.3, -0.25) is 19.2 Å². The maximum absolute atomic E-state index is 12.2. The highest BCUT2D eigenvalue weighted by Gasteiger charge is 2.22. The Morgan fingerprint density at radius 2 is 1.40 bits per heavy atom. The van der Waals surface area contributed by atoms with Crippen LogP contribution in [-0.4, -0.2) is 184 Å². The molecule has 0 aliphatic carbocycles. The van der Waals surface area contributed by atoms with Crippen molar-refractivity contribution in [3.8, 4) is 5.75 Å². The first-order chi connectivity index (χ1) is 30.2. The molecule has 2 heterocycles. The molecule has 1 aromatic rings. The largest absolute Gasteiger partial charge is 0.484 e. The summed E-state index contributed by atoms with van der Waals surface area (Å²) in [6, 6.07) is 5.01. The van der Waals surface area contributed by atoms with Crippen molar-refractivity contribution in [1.29, 1.82) is 0 Å². The molecule has 2 unspecified atom stereocenters. The molecule has 0 bridgehead atoms. The van der Waals surface area contributed by atoms with Crippen molar-refractivity contribution in [2.45, 2.75) is 77.8 Å². The van der Waals surface area contributed by atoms with Crippen molar-refractivity contribution < 1.29 is 76.8 Å². The standard InChI is InChI=1S/C33H54N4O13.C10H20O3/c34-33(41)26-21-27(37-6-11-45-12-7-37)23-29(22-26)49-25-31(40)36-5-10-43-14-16-47-18-17-46-15-13-42-8-3-30(39)35-4-9-44-19-20-48-32-2-1-28(38)24-50-32;1-8(2)5-6-13-10(3,4)7-9(11)12/h21-23,28,32,38H,1-20,24-25H2,(H2,34,41)(H,35,39)(H,36,40);8H,5-7H2,1-4H3,(H,11,12). The third-order valence-corrected chi connectivity index (χ3v) is 9.16. The number of carbonyl (C=O) groups is 4. The Labute approximate surface area is 371 Å². The van der Waals surface area contributed by atoms with Gasteiger partial charge in [0.25, 0.3) is 5.91 Å². The number of nitrogens with two attached hydrogens (primary N) is 1. The molecule has 0 aromatic heterocycles. The molecule has 2 saturated heterocycles. The Hall–Kier alpha value is -3.70. The number of hydrogen-bond donors (Lipinski definition) is 5. The molecule has 2 aliphatic heterocycles. The van der Waals surface area contributed by atoms with Crippen LogP contribution in [0.4, 0.5) is 5.69 Å². The number of carbonyl (C=O) groups excluding carboxylic acids is 3. The molecule has 1 aromatic carbocycles. The molecule has 2 atom stereocenters. The average Bonchev–Trinajstić information content (AvgIpc) is 3.24. The van der Waals surface area contributed by atoms with Gasteiger partial charge in [-0.1, -0.05) is 13.8 Å². The van der Waals surface area contributed by atoms with Gasteiger partial charge in [-0.05, 0) is 44.7 Å². The normalized spacial score (nSPS) is 16.6. The van der Waals surface area contributed by atoms with Gasteiger partial charge in [-0.15, -0.1) is 0 Å². The fourth-order valence-electron chi connectivity index (χ4n) is 5.72. The van der Waals surface area contributed by atoms with Crippen molar-refractivity contribution in [2.75, 3.05) is 137 Å². The molecule has 6 N–H and O–H groups in total. The van der Waals surface area contributed by atoms with E-state index in [0.717, 1.165) is 12.1 Å². The fraction of sp³-hybridized carbons (Fsp3) is 0.767. The Morgan fingerprint density at radius 1 is 0.810 bits per heavy atom. The van der Waals surface area contributed by atoms with Crippen molar-refractivity contribution >= 4 is 29.4 Å². The van der Waals surface area contributed by atoms with Crippen LogP contribution in [0.2, 0.25) is 0 Å². The molecule has 2 aliphatic rings. The minimum absolute atomic E-state index is 0.0606. The molecule has 3 rings (SSSR count). The van der Waals surface area contributed by atoms with E-state index in [2.05, 4.69) is 29.4 Å². The first-order valence-electron chi connectivity index (χ1n) is 21.8. The van der Waals surface area contributed by atoms with Gasteiger partial charge in [0.15, 0.2) is 12.9 Å². The van der Waals surface area contributed by atoms with Crippen molar-refractivity contribution in [1.82, 2.24) is 10.6 Å². The number of carboxylic acids is 1. The lowest BCUT2D eigenvalue weighted by Crippen LogP contribution is -2.36. The van der Waals surface area contributed by atoms with Crippen LogP contribution in [0.5, 0.6) is 5.75 Å². The highest BCUT2D eigenvalue weighted by atomic mass is 16.7. The summed E-state index contributed by atoms with van der Waals surface area (Å²) in [6.45, 7) is 15.9. The topological polar surface area (TPSA) is 254 Å². The third-order valence-electron chi connectivity index (χ3n) is 9.16. The Balaban J connectivity index is 0.000000905. The SMILES string of the molecule is CC(C)CCOC(C)(C)CC(=O)O.NC(=O)c1cc(OCC(=O)NCCOCCOCCOCCOCCC(=O)NCCOCCOC2CCC(O)CO2)cc(N2CCOCC2)c1. The summed E-state index contributed by atoms with van der Waals surface area (Å²) in [5.74, 6) is -0.838. The Morgan fingerprint density at radius 3 is 1.97 bits per heavy atom. The lowest BCUT2D eigenvalue weighted by molar-refractivity contribution is -0.191. The number of carboxylic acid groups (broad SMARTS) is 1. The Bertz CT molecular complexity index is 1410. The molecular weight excluding hydrogens is 828 g/mol. The molecule has 20 heteroatoms. The van der Waals surface area contributed by atoms with E-state index in [1.165, 1.54) is 6.07 Å². The number of aliphatic hydroxyl groups is 1. The van der Waals surface area contributed by atoms with Gasteiger partial charge in [0, 0.05) is 62.9 Å². The van der Waals surface area contributed by atoms with E-state index in [-0.39, 0.29) is 37.6 Å². The minimum Gasteiger partial charge on any atom is -0.484 e. The number of benzene rings is 1. The number of ether oxygens (including phenoxy) is 10. The molecular formula is C43H74N4O16. The van der Waals surface area contributed by atoms with E-state index in [0.29, 0.717) is 155 Å². The number of aliphatic carboxylic acids is 1. The lowest BCUT2D eigenvalue weighted by Gasteiger charge is -2.29. The zero-order chi connectivity index (χ0) is 46.1. The lowest BCUT2D eigenvalue weighted by atomic mass is 10.1. The summed E-state index contributed by atoms with van der Waals surface area (Å²) in [7, 11) is 0. The number of primary amides is 1. The van der Waals surface area contributed by atoms with Crippen LogP contribution in [0.3, 0.4) is 0 Å². The first kappa shape index (κ1) is 55.4. The Kier molecular flexibility index (Phi) is 29.7. The van der Waals surface area contributed by atoms with Gasteiger partial charge >= 0.3 is 5.97 Å². The summed E-state index contributed by atoms with van der Waals surface area (Å²) in [5, 5.41) is 23.5. The van der Waals surface area contributed by atoms with Crippen LogP contribution in [0.25, 0.3) is 0 Å². The average molecular weight is 903 g/mol. The molecule has 362 valence electrons. The van der Waals surface area contributed by atoms with Crippen LogP contribution < -0.4 is 26.0 Å². The summed E-state index contributed by atoms with van der Waals surface area (Å²) in [5.41, 5.74) is 6.03. The summed E-state index contributed by atoms with van der Waals surface area (Å²) >= 11 is 0. The van der Waals surface area contributed by atoms with Crippen molar-refractivity contribution in [3.05, 3.63) is 23.8 Å². The van der Waals surface area contributed by atoms with Gasteiger partial charge in [0.05, 0.1) is 111 Å². The fourth-order valence-corrected chi connectivity index (χ4v) is 5.72. The maximum atomic E-state index is 12.2.